The minimum Gasteiger partial charge on any atom is -0.360 e. The van der Waals surface area contributed by atoms with Crippen molar-refractivity contribution in [1.82, 2.24) is 24.4 Å². The van der Waals surface area contributed by atoms with Gasteiger partial charge in [-0.25, -0.2) is 0 Å². The van der Waals surface area contributed by atoms with Crippen LogP contribution in [0.2, 0.25) is 0 Å². The number of carbonyl (C=O) groups excluding carboxylic acids is 1. The van der Waals surface area contributed by atoms with Crippen molar-refractivity contribution in [2.75, 3.05) is 13.1 Å². The second-order valence-electron chi connectivity index (χ2n) is 9.48. The molecule has 1 amide bonds. The third kappa shape index (κ3) is 3.68. The number of nitrogens with one attached hydrogen (secondary N) is 2. The molecule has 0 aromatic carbocycles. The number of hydrogen-bond donors (Lipinski definition) is 2. The number of rotatable bonds is 5. The van der Waals surface area contributed by atoms with Crippen molar-refractivity contribution in [2.45, 2.75) is 88.5 Å². The highest BCUT2D eigenvalue weighted by Crippen LogP contribution is 2.41. The second-order valence-corrected chi connectivity index (χ2v) is 11.3. The fourth-order valence-electron chi connectivity index (χ4n) is 5.28. The van der Waals surface area contributed by atoms with Gasteiger partial charge in [0.05, 0.1) is 0 Å². The number of nitrogens with zero attached hydrogens (tertiary/aromatic N) is 3. The minimum absolute atomic E-state index is 0.0399. The number of hydrogen-bond acceptors (Lipinski definition) is 6. The third-order valence-corrected chi connectivity index (χ3v) is 9.24. The number of piperazine rings is 1. The summed E-state index contributed by atoms with van der Waals surface area (Å²) in [7, 11) is -3.52. The molecule has 5 atom stereocenters. The highest BCUT2D eigenvalue weighted by atomic mass is 32.2. The van der Waals surface area contributed by atoms with Crippen molar-refractivity contribution in [1.29, 1.82) is 0 Å². The van der Waals surface area contributed by atoms with Crippen LogP contribution in [0, 0.1) is 0 Å². The molecule has 1 aromatic rings. The van der Waals surface area contributed by atoms with Crippen LogP contribution in [0.1, 0.15) is 74.5 Å². The molecule has 10 heteroatoms. The Morgan fingerprint density at radius 3 is 2.57 bits per heavy atom. The largest absolute Gasteiger partial charge is 0.360 e. The molecule has 4 aliphatic rings. The van der Waals surface area contributed by atoms with E-state index >= 15 is 0 Å². The van der Waals surface area contributed by atoms with Crippen LogP contribution in [0.15, 0.2) is 10.6 Å². The smallest absolute Gasteiger partial charge is 0.282 e. The lowest BCUT2D eigenvalue weighted by Crippen LogP contribution is -2.62. The van der Waals surface area contributed by atoms with Gasteiger partial charge in [0.15, 0.2) is 5.69 Å². The fourth-order valence-corrected chi connectivity index (χ4v) is 7.60. The van der Waals surface area contributed by atoms with Gasteiger partial charge in [0, 0.05) is 55.3 Å². The minimum atomic E-state index is -3.52. The van der Waals surface area contributed by atoms with Gasteiger partial charge in [0.2, 0.25) is 0 Å². The topological polar surface area (TPSA) is 108 Å². The summed E-state index contributed by atoms with van der Waals surface area (Å²) in [5.41, 5.74) is 0.322. The van der Waals surface area contributed by atoms with Gasteiger partial charge in [-0.3, -0.25) is 4.79 Å². The number of aromatic nitrogens is 1. The van der Waals surface area contributed by atoms with Crippen molar-refractivity contribution in [2.24, 2.45) is 0 Å². The molecule has 1 saturated carbocycles. The van der Waals surface area contributed by atoms with Crippen molar-refractivity contribution in [3.8, 4) is 0 Å². The molecule has 2 N–H and O–H groups in total. The first-order chi connectivity index (χ1) is 14.3. The van der Waals surface area contributed by atoms with Crippen LogP contribution in [-0.2, 0) is 10.2 Å². The summed E-state index contributed by atoms with van der Waals surface area (Å²) in [5.74, 6) is 0.981. The molecule has 3 saturated heterocycles. The zero-order chi connectivity index (χ0) is 21.0. The standard InChI is InChI=1S/C20H31N5O4S/c1-12-11-24(13(2)10-21-12)30(27,28)25-16-5-6-17(25)8-15(7-16)22-20(26)18-9-19(29-23-18)14-3-4-14/h9,12-17,21H,3-8,10-11H2,1-2H3,(H,22,26)/t12-,13-,15-,16+,17-/m0/s1. The van der Waals surface area contributed by atoms with E-state index in [1.165, 1.54) is 0 Å². The van der Waals surface area contributed by atoms with Gasteiger partial charge in [-0.1, -0.05) is 5.16 Å². The summed E-state index contributed by atoms with van der Waals surface area (Å²) < 4.78 is 35.7. The molecular formula is C20H31N5O4S. The lowest BCUT2D eigenvalue weighted by Gasteiger charge is -2.44. The summed E-state index contributed by atoms with van der Waals surface area (Å²) >= 11 is 0. The van der Waals surface area contributed by atoms with Gasteiger partial charge < -0.3 is 15.2 Å². The number of amides is 1. The van der Waals surface area contributed by atoms with Crippen LogP contribution in [0.4, 0.5) is 0 Å². The molecule has 1 aliphatic carbocycles. The van der Waals surface area contributed by atoms with E-state index < -0.39 is 10.2 Å². The lowest BCUT2D eigenvalue weighted by molar-refractivity contribution is 0.0896. The van der Waals surface area contributed by atoms with Gasteiger partial charge in [-0.2, -0.15) is 17.0 Å². The van der Waals surface area contributed by atoms with Crippen LogP contribution >= 0.6 is 0 Å². The van der Waals surface area contributed by atoms with E-state index in [-0.39, 0.29) is 36.1 Å². The summed E-state index contributed by atoms with van der Waals surface area (Å²) in [4.78, 5) is 12.6. The Morgan fingerprint density at radius 1 is 1.20 bits per heavy atom. The van der Waals surface area contributed by atoms with Crippen molar-refractivity contribution < 1.29 is 17.7 Å². The van der Waals surface area contributed by atoms with E-state index in [1.807, 2.05) is 13.8 Å². The van der Waals surface area contributed by atoms with E-state index in [2.05, 4.69) is 15.8 Å². The zero-order valence-corrected chi connectivity index (χ0v) is 18.4. The normalized spacial score (nSPS) is 35.5. The number of carbonyl (C=O) groups is 1. The molecule has 4 fully saturated rings. The zero-order valence-electron chi connectivity index (χ0n) is 17.6. The molecule has 166 valence electrons. The molecule has 0 radical (unpaired) electrons. The van der Waals surface area contributed by atoms with Crippen LogP contribution in [0.3, 0.4) is 0 Å². The predicted octanol–water partition coefficient (Wildman–Crippen LogP) is 1.20. The van der Waals surface area contributed by atoms with Crippen LogP contribution in [-0.4, -0.2) is 71.4 Å². The van der Waals surface area contributed by atoms with E-state index in [0.717, 1.165) is 31.4 Å². The maximum atomic E-state index is 13.5. The quantitative estimate of drug-likeness (QED) is 0.717. The van der Waals surface area contributed by atoms with Gasteiger partial charge >= 0.3 is 0 Å². The molecule has 30 heavy (non-hydrogen) atoms. The van der Waals surface area contributed by atoms with Gasteiger partial charge in [0.1, 0.15) is 5.76 Å². The van der Waals surface area contributed by atoms with E-state index in [4.69, 9.17) is 4.52 Å². The van der Waals surface area contributed by atoms with Crippen LogP contribution < -0.4 is 10.6 Å². The average Bonchev–Trinajstić information content (AvgIpc) is 3.36. The average molecular weight is 438 g/mol. The summed E-state index contributed by atoms with van der Waals surface area (Å²) in [6.07, 6.45) is 5.17. The molecule has 0 unspecified atom stereocenters. The maximum Gasteiger partial charge on any atom is 0.282 e. The highest BCUT2D eigenvalue weighted by molar-refractivity contribution is 7.86. The Bertz CT molecular complexity index is 900. The van der Waals surface area contributed by atoms with Crippen molar-refractivity contribution in [3.63, 3.8) is 0 Å². The Labute approximate surface area is 177 Å². The molecular weight excluding hydrogens is 406 g/mol. The van der Waals surface area contributed by atoms with Gasteiger partial charge in [0.25, 0.3) is 16.1 Å². The van der Waals surface area contributed by atoms with Crippen molar-refractivity contribution in [3.05, 3.63) is 17.5 Å². The van der Waals surface area contributed by atoms with Crippen LogP contribution in [0.25, 0.3) is 0 Å². The highest BCUT2D eigenvalue weighted by Gasteiger charge is 2.50. The third-order valence-electron chi connectivity index (χ3n) is 7.01. The molecule has 3 aliphatic heterocycles. The van der Waals surface area contributed by atoms with Crippen LogP contribution in [0.5, 0.6) is 0 Å². The first-order valence-corrected chi connectivity index (χ1v) is 12.5. The maximum absolute atomic E-state index is 13.5. The Balaban J connectivity index is 1.25. The fraction of sp³-hybridized carbons (Fsp3) is 0.800. The molecule has 2 bridgehead atoms. The van der Waals surface area contributed by atoms with E-state index in [0.29, 0.717) is 37.5 Å². The molecule has 4 heterocycles. The van der Waals surface area contributed by atoms with E-state index in [9.17, 15) is 13.2 Å². The molecule has 1 aromatic heterocycles. The van der Waals surface area contributed by atoms with Gasteiger partial charge in [-0.05, 0) is 52.4 Å². The SMILES string of the molecule is C[C@H]1CN(S(=O)(=O)N2[C@@H]3CC[C@H]2C[C@@H](NC(=O)c2cc(C4CC4)on2)C3)[C@@H](C)CN1. The number of fused-ring (bicyclic) bond motifs is 2. The van der Waals surface area contributed by atoms with Crippen molar-refractivity contribution >= 4 is 16.1 Å². The van der Waals surface area contributed by atoms with E-state index in [1.54, 1.807) is 14.7 Å². The summed E-state index contributed by atoms with van der Waals surface area (Å²) in [6, 6.07) is 1.67. The summed E-state index contributed by atoms with van der Waals surface area (Å²) in [6.45, 7) is 5.14. The predicted molar refractivity (Wildman–Crippen MR) is 110 cm³/mol. The Hall–Kier alpha value is -1.49. The first-order valence-electron chi connectivity index (χ1n) is 11.1. The summed E-state index contributed by atoms with van der Waals surface area (Å²) in [5, 5.41) is 10.3. The lowest BCUT2D eigenvalue weighted by atomic mass is 9.99. The monoisotopic (exact) mass is 437 g/mol. The number of piperidine rings is 1. The second kappa shape index (κ2) is 7.58. The molecule has 0 spiro atoms. The Kier molecular flexibility index (Phi) is 5.16. The Morgan fingerprint density at radius 2 is 1.90 bits per heavy atom. The van der Waals surface area contributed by atoms with Gasteiger partial charge in [-0.15, -0.1) is 0 Å². The molecule has 9 nitrogen and oxygen atoms in total. The molecule has 5 rings (SSSR count). The first kappa shape index (κ1) is 20.4.